The molecule has 180 valence electrons. The highest BCUT2D eigenvalue weighted by Crippen LogP contribution is 2.46. The van der Waals surface area contributed by atoms with Crippen LogP contribution >= 0.6 is 7.29 Å². The van der Waals surface area contributed by atoms with E-state index in [1.54, 1.807) is 49.5 Å². The normalized spacial score (nSPS) is 12.7. The lowest BCUT2D eigenvalue weighted by Crippen LogP contribution is -2.15. The minimum Gasteiger partial charge on any atom is -0.288 e. The number of para-hydroxylation sites is 1. The van der Waals surface area contributed by atoms with Crippen molar-refractivity contribution in [2.24, 2.45) is 4.76 Å². The van der Waals surface area contributed by atoms with E-state index in [9.17, 15) is 13.0 Å². The molecule has 4 aromatic carbocycles. The molecule has 0 aliphatic heterocycles. The maximum Gasteiger partial charge on any atom is 0.268 e. The van der Waals surface area contributed by atoms with Gasteiger partial charge < -0.3 is 0 Å². The molecule has 5 aromatic rings. The summed E-state index contributed by atoms with van der Waals surface area (Å²) in [7, 11) is -7.24. The second-order valence-corrected chi connectivity index (χ2v) is 12.8. The van der Waals surface area contributed by atoms with E-state index in [2.05, 4.69) is 0 Å². The number of nitrogens with zero attached hydrogens (tertiary/aromatic N) is 2. The summed E-state index contributed by atoms with van der Waals surface area (Å²) >= 11 is 0. The van der Waals surface area contributed by atoms with Crippen LogP contribution in [0, 0.1) is 6.92 Å². The second-order valence-electron chi connectivity index (χ2n) is 8.61. The van der Waals surface area contributed by atoms with Gasteiger partial charge in [0.15, 0.2) is 0 Å². The molecule has 1 heterocycles. The lowest BCUT2D eigenvalue weighted by atomic mass is 10.1. The monoisotopic (exact) mass is 512 g/mol. The molecule has 0 N–H and O–H groups in total. The molecule has 5 nitrogen and oxygen atoms in total. The number of rotatable bonds is 6. The van der Waals surface area contributed by atoms with Crippen LogP contribution in [0.2, 0.25) is 0 Å². The van der Waals surface area contributed by atoms with Crippen LogP contribution in [0.5, 0.6) is 0 Å². The van der Waals surface area contributed by atoms with E-state index in [-0.39, 0.29) is 4.90 Å². The molecule has 0 amide bonds. The Labute approximate surface area is 211 Å². The summed E-state index contributed by atoms with van der Waals surface area (Å²) in [6.45, 7) is 3.69. The number of aromatic nitrogens is 1. The number of hydrogen-bond acceptors (Lipinski definition) is 3. The molecule has 1 aromatic heterocycles. The molecule has 0 aliphatic carbocycles. The van der Waals surface area contributed by atoms with E-state index in [1.165, 1.54) is 3.97 Å². The van der Waals surface area contributed by atoms with Crippen LogP contribution < -0.4 is 10.6 Å². The molecule has 0 aliphatic rings. The zero-order valence-electron chi connectivity index (χ0n) is 19.9. The lowest BCUT2D eigenvalue weighted by Gasteiger charge is -2.16. The average Bonchev–Trinajstić information content (AvgIpc) is 3.31. The van der Waals surface area contributed by atoms with Crippen LogP contribution in [0.4, 0.5) is 0 Å². The molecule has 0 bridgehead atoms. The predicted molar refractivity (Wildman–Crippen MR) is 148 cm³/mol. The van der Waals surface area contributed by atoms with Gasteiger partial charge in [-0.15, -0.1) is 0 Å². The molecule has 0 spiro atoms. The van der Waals surface area contributed by atoms with Crippen LogP contribution in [0.15, 0.2) is 125 Å². The maximum atomic E-state index is 14.5. The third-order valence-corrected chi connectivity index (χ3v) is 10.4. The van der Waals surface area contributed by atoms with E-state index in [0.717, 1.165) is 10.9 Å². The third kappa shape index (κ3) is 4.23. The first-order valence-corrected chi connectivity index (χ1v) is 14.6. The zero-order valence-corrected chi connectivity index (χ0v) is 21.7. The van der Waals surface area contributed by atoms with Crippen molar-refractivity contribution in [2.45, 2.75) is 18.7 Å². The molecule has 5 rings (SSSR count). The summed E-state index contributed by atoms with van der Waals surface area (Å²) in [5.74, 6) is 0. The first-order valence-electron chi connectivity index (χ1n) is 11.5. The smallest absolute Gasteiger partial charge is 0.268 e. The van der Waals surface area contributed by atoms with Crippen molar-refractivity contribution in [1.82, 2.24) is 3.97 Å². The highest BCUT2D eigenvalue weighted by molar-refractivity contribution is 7.90. The highest BCUT2D eigenvalue weighted by Gasteiger charge is 2.28. The number of fused-ring (bicyclic) bond motifs is 1. The van der Waals surface area contributed by atoms with E-state index in [4.69, 9.17) is 4.76 Å². The van der Waals surface area contributed by atoms with Gasteiger partial charge in [0, 0.05) is 33.5 Å². The van der Waals surface area contributed by atoms with Crippen molar-refractivity contribution in [1.29, 1.82) is 0 Å². The largest absolute Gasteiger partial charge is 0.288 e. The number of aryl methyl sites for hydroxylation is 1. The topological polar surface area (TPSA) is 68.5 Å². The molecule has 7 heteroatoms. The Hall–Kier alpha value is -3.73. The van der Waals surface area contributed by atoms with Crippen molar-refractivity contribution in [2.75, 3.05) is 0 Å². The molecular weight excluding hydrogens is 487 g/mol. The third-order valence-electron chi connectivity index (χ3n) is 6.15. The van der Waals surface area contributed by atoms with Gasteiger partial charge in [0.05, 0.1) is 10.4 Å². The fourth-order valence-electron chi connectivity index (χ4n) is 4.25. The average molecular weight is 513 g/mol. The van der Waals surface area contributed by atoms with Crippen molar-refractivity contribution in [3.05, 3.63) is 127 Å². The van der Waals surface area contributed by atoms with Crippen LogP contribution in [0.1, 0.15) is 18.1 Å². The Morgan fingerprint density at radius 2 is 1.28 bits per heavy atom. The van der Waals surface area contributed by atoms with Gasteiger partial charge in [-0.05, 0) is 56.3 Å². The quantitative estimate of drug-likeness (QED) is 0.209. The molecule has 36 heavy (non-hydrogen) atoms. The molecular formula is C29H25N2O3PS. The summed E-state index contributed by atoms with van der Waals surface area (Å²) < 4.78 is 47.8. The SMILES string of the molecule is C/C(=N\P(=O)(c1ccccc1)c1ccccc1)c1cn(S(=O)(=O)c2ccc(C)cc2)c2ccccc12. The van der Waals surface area contributed by atoms with Gasteiger partial charge in [0.2, 0.25) is 7.29 Å². The van der Waals surface area contributed by atoms with Gasteiger partial charge in [-0.3, -0.25) is 4.57 Å². The molecule has 0 unspecified atom stereocenters. The molecule has 0 fully saturated rings. The Morgan fingerprint density at radius 3 is 1.86 bits per heavy atom. The van der Waals surface area contributed by atoms with Gasteiger partial charge in [0.1, 0.15) is 0 Å². The predicted octanol–water partition coefficient (Wildman–Crippen LogP) is 5.92. The Morgan fingerprint density at radius 1 is 0.750 bits per heavy atom. The summed E-state index contributed by atoms with van der Waals surface area (Å²) in [5, 5.41) is 1.96. The maximum absolute atomic E-state index is 14.5. The minimum absolute atomic E-state index is 0.203. The summed E-state index contributed by atoms with van der Waals surface area (Å²) in [6, 6.07) is 32.5. The summed E-state index contributed by atoms with van der Waals surface area (Å²) in [6.07, 6.45) is 1.58. The van der Waals surface area contributed by atoms with E-state index in [1.807, 2.05) is 79.7 Å². The summed E-state index contributed by atoms with van der Waals surface area (Å²) in [4.78, 5) is 0.203. The highest BCUT2D eigenvalue weighted by atomic mass is 32.2. The van der Waals surface area contributed by atoms with Gasteiger partial charge in [-0.2, -0.15) is 0 Å². The van der Waals surface area contributed by atoms with Gasteiger partial charge in [-0.25, -0.2) is 17.2 Å². The van der Waals surface area contributed by atoms with Crippen LogP contribution in [-0.2, 0) is 14.6 Å². The number of benzene rings is 4. The van der Waals surface area contributed by atoms with Crippen LogP contribution in [0.3, 0.4) is 0 Å². The fraction of sp³-hybridized carbons (Fsp3) is 0.0690. The Bertz CT molecular complexity index is 1680. The fourth-order valence-corrected chi connectivity index (χ4v) is 7.83. The molecule has 0 saturated carbocycles. The van der Waals surface area contributed by atoms with Gasteiger partial charge in [-0.1, -0.05) is 72.3 Å². The van der Waals surface area contributed by atoms with Crippen LogP contribution in [-0.4, -0.2) is 18.1 Å². The standard InChI is InChI=1S/C29H25N2O3PS/c1-22-17-19-26(20-18-22)36(33,34)31-21-28(27-15-9-10-16-29(27)31)23(2)30-35(32,24-11-5-3-6-12-24)25-13-7-4-8-14-25/h3-21H,1-2H3/b30-23+. The second kappa shape index (κ2) is 9.38. The van der Waals surface area contributed by atoms with E-state index >= 15 is 0 Å². The van der Waals surface area contributed by atoms with Crippen molar-refractivity contribution in [3.63, 3.8) is 0 Å². The van der Waals surface area contributed by atoms with Crippen molar-refractivity contribution in [3.8, 4) is 0 Å². The number of hydrogen-bond donors (Lipinski definition) is 0. The van der Waals surface area contributed by atoms with Gasteiger partial charge in [0.25, 0.3) is 10.0 Å². The Balaban J connectivity index is 1.71. The molecule has 0 atom stereocenters. The van der Waals surface area contributed by atoms with Crippen LogP contribution in [0.25, 0.3) is 10.9 Å². The van der Waals surface area contributed by atoms with E-state index in [0.29, 0.717) is 27.4 Å². The first-order chi connectivity index (χ1) is 17.3. The van der Waals surface area contributed by atoms with E-state index < -0.39 is 17.3 Å². The van der Waals surface area contributed by atoms with Crippen molar-refractivity contribution >= 4 is 44.5 Å². The first kappa shape index (κ1) is 24.0. The van der Waals surface area contributed by atoms with Crippen molar-refractivity contribution < 1.29 is 13.0 Å². The zero-order chi connectivity index (χ0) is 25.3. The lowest BCUT2D eigenvalue weighted by molar-refractivity contribution is 0.587. The Kier molecular flexibility index (Phi) is 6.25. The van der Waals surface area contributed by atoms with Gasteiger partial charge >= 0.3 is 0 Å². The summed E-state index contributed by atoms with van der Waals surface area (Å²) in [5.41, 5.74) is 2.64. The molecule has 0 saturated heterocycles. The minimum atomic E-state index is -3.85. The molecule has 0 radical (unpaired) electrons.